The number of anilines is 3. The van der Waals surface area contributed by atoms with Crippen LogP contribution in [0.4, 0.5) is 34.6 Å². The van der Waals surface area contributed by atoms with Gasteiger partial charge >= 0.3 is 6.18 Å². The fourth-order valence-electron chi connectivity index (χ4n) is 8.54. The number of pyridine rings is 2. The van der Waals surface area contributed by atoms with Gasteiger partial charge < -0.3 is 63.9 Å². The summed E-state index contributed by atoms with van der Waals surface area (Å²) in [5.41, 5.74) is 4.23. The molecule has 4 aromatic heterocycles. The fourth-order valence-corrected chi connectivity index (χ4v) is 9.67. The number of likely N-dealkylation sites (tertiary alicyclic amines) is 1. The Morgan fingerprint density at radius 1 is 0.974 bits per heavy atom. The van der Waals surface area contributed by atoms with Crippen LogP contribution < -0.4 is 36.3 Å². The number of hydrogen-bond acceptors (Lipinski definition) is 16. The summed E-state index contributed by atoms with van der Waals surface area (Å²) in [5.74, 6) is 6.10. The minimum Gasteiger partial charge on any atom is -0.495 e. The molecule has 6 aromatic rings. The molecule has 0 saturated carbocycles. The van der Waals surface area contributed by atoms with Crippen molar-refractivity contribution in [1.29, 1.82) is 0 Å². The van der Waals surface area contributed by atoms with E-state index in [2.05, 4.69) is 48.2 Å². The number of piperidine rings is 1. The van der Waals surface area contributed by atoms with E-state index in [-0.39, 0.29) is 111 Å². The van der Waals surface area contributed by atoms with E-state index in [1.165, 1.54) is 25.3 Å². The molecule has 3 atom stereocenters. The van der Waals surface area contributed by atoms with Crippen molar-refractivity contribution >= 4 is 43.7 Å². The molecule has 0 spiro atoms. The summed E-state index contributed by atoms with van der Waals surface area (Å²) in [6.45, 7) is 6.01. The van der Waals surface area contributed by atoms with Crippen molar-refractivity contribution in [3.63, 3.8) is 0 Å². The monoisotopic (exact) mass is 1090 g/mol. The van der Waals surface area contributed by atoms with Crippen molar-refractivity contribution < 1.29 is 59.0 Å². The molecule has 1 saturated heterocycles. The molecule has 5 N–H and O–H groups in total. The summed E-state index contributed by atoms with van der Waals surface area (Å²) in [7, 11) is -0.566. The summed E-state index contributed by atoms with van der Waals surface area (Å²) in [5, 5.41) is 16.6. The zero-order valence-corrected chi connectivity index (χ0v) is 44.2. The number of halogens is 4. The largest absolute Gasteiger partial charge is 0.495 e. The van der Waals surface area contributed by atoms with Crippen LogP contribution in [-0.2, 0) is 35.4 Å². The topological polar surface area (TPSA) is 225 Å². The first-order valence-corrected chi connectivity index (χ1v) is 26.5. The molecule has 77 heavy (non-hydrogen) atoms. The number of rotatable bonds is 26. The minimum atomic E-state index is -4.53. The van der Waals surface area contributed by atoms with Gasteiger partial charge in [-0.2, -0.15) is 13.2 Å². The van der Waals surface area contributed by atoms with Gasteiger partial charge in [-0.25, -0.2) is 17.8 Å². The number of ether oxygens (including phenoxy) is 5. The predicted octanol–water partition coefficient (Wildman–Crippen LogP) is 6.68. The number of nitrogens with zero attached hydrogens (tertiary/aromatic N) is 4. The first kappa shape index (κ1) is 57.5. The van der Waals surface area contributed by atoms with Crippen LogP contribution in [0.3, 0.4) is 0 Å². The molecular formula is C53H63F4N9O10S. The smallest absolute Gasteiger partial charge is 0.406 e. The van der Waals surface area contributed by atoms with Crippen molar-refractivity contribution in [3.05, 3.63) is 106 Å². The Morgan fingerprint density at radius 3 is 2.45 bits per heavy atom. The Hall–Kier alpha value is -7.17. The van der Waals surface area contributed by atoms with E-state index in [4.69, 9.17) is 28.2 Å². The second-order valence-electron chi connectivity index (χ2n) is 18.2. The number of nitrogens with one attached hydrogen (secondary N) is 5. The number of carbonyl (C=O) groups is 1. The summed E-state index contributed by atoms with van der Waals surface area (Å²) in [6, 6.07) is 16.8. The van der Waals surface area contributed by atoms with E-state index >= 15 is 0 Å². The Kier molecular flexibility index (Phi) is 20.0. The molecule has 1 fully saturated rings. The van der Waals surface area contributed by atoms with Crippen molar-refractivity contribution in [1.82, 2.24) is 29.9 Å². The van der Waals surface area contributed by atoms with Gasteiger partial charge in [-0.05, 0) is 82.6 Å². The van der Waals surface area contributed by atoms with Crippen LogP contribution in [0.1, 0.15) is 42.2 Å². The third kappa shape index (κ3) is 16.2. The molecule has 0 aliphatic carbocycles. The normalized spacial score (nSPS) is 15.4. The number of methoxy groups -OCH3 is 1. The summed E-state index contributed by atoms with van der Waals surface area (Å²) in [6.07, 6.45) is -3.53. The van der Waals surface area contributed by atoms with Gasteiger partial charge in [0.25, 0.3) is 11.5 Å². The second-order valence-corrected chi connectivity index (χ2v) is 20.3. The molecule has 0 bridgehead atoms. The highest BCUT2D eigenvalue weighted by Crippen LogP contribution is 2.33. The number of aromatic amines is 1. The van der Waals surface area contributed by atoms with E-state index in [1.54, 1.807) is 61.7 Å². The van der Waals surface area contributed by atoms with Gasteiger partial charge in [0.2, 0.25) is 5.88 Å². The van der Waals surface area contributed by atoms with Crippen molar-refractivity contribution in [3.8, 4) is 34.6 Å². The van der Waals surface area contributed by atoms with Gasteiger partial charge in [0, 0.05) is 60.2 Å². The number of benzene rings is 2. The highest BCUT2D eigenvalue weighted by molar-refractivity contribution is 7.91. The van der Waals surface area contributed by atoms with Gasteiger partial charge in [0.1, 0.15) is 29.9 Å². The van der Waals surface area contributed by atoms with E-state index in [0.29, 0.717) is 58.1 Å². The molecule has 7 rings (SSSR count). The molecule has 24 heteroatoms. The van der Waals surface area contributed by atoms with E-state index < -0.39 is 34.8 Å². The van der Waals surface area contributed by atoms with Crippen LogP contribution >= 0.6 is 0 Å². The SMILES string of the molecule is COc1cc(S(=O)(=O)CCOCCOCCOCCNC(=O)COc2cccc([C@@H](C)Nc3cc(-c4c(C)noc4C)c[nH]c3=O)n2)ccc1NCC#Cc1cc2c(NC3CCN(C)C[C@@H]3F)cccc2n1CC(F)(F)F. The molecule has 1 aliphatic rings. The zero-order chi connectivity index (χ0) is 55.1. The molecule has 1 aliphatic heterocycles. The molecule has 1 amide bonds. The lowest BCUT2D eigenvalue weighted by Gasteiger charge is -2.33. The summed E-state index contributed by atoms with van der Waals surface area (Å²) < 4.78 is 116. The molecule has 1 unspecified atom stereocenters. The van der Waals surface area contributed by atoms with Crippen LogP contribution in [-0.4, -0.2) is 150 Å². The number of hydrogen-bond donors (Lipinski definition) is 5. The average Bonchev–Trinajstić information content (AvgIpc) is 3.95. The van der Waals surface area contributed by atoms with Gasteiger partial charge in [0.05, 0.1) is 104 Å². The first-order valence-electron chi connectivity index (χ1n) is 24.8. The Labute approximate surface area is 443 Å². The van der Waals surface area contributed by atoms with Crippen LogP contribution in [0.5, 0.6) is 11.6 Å². The summed E-state index contributed by atoms with van der Waals surface area (Å²) in [4.78, 5) is 34.2. The maximum Gasteiger partial charge on any atom is 0.406 e. The highest BCUT2D eigenvalue weighted by atomic mass is 32.2. The number of aryl methyl sites for hydroxylation is 2. The molecule has 19 nitrogen and oxygen atoms in total. The molecule has 5 heterocycles. The minimum absolute atomic E-state index is 0.00216. The standard InChI is InChI=1S/C53H63F4N9O10S/c1-34(61-46-27-37(30-60-52(46)68)51-35(2)64-76-36(51)3)42-10-7-13-50(63-42)75-32-49(67)59-18-20-72-21-22-73-23-24-74-25-26-77(69,70)39-14-15-45(48(29-39)71-5)58-17-8-9-38-28-40-43(62-44-16-19-65(4)31-41(44)54)11-6-12-47(40)66(38)33-53(55,56)57/h6-7,10-15,27-30,34,41,44,58,61-62H,16-26,31-33H2,1-5H3,(H,59,67)(H,60,68)/t34-,41+,44?/m1/s1. The zero-order valence-electron chi connectivity index (χ0n) is 43.4. The van der Waals surface area contributed by atoms with Crippen LogP contribution in [0.15, 0.2) is 87.1 Å². The molecule has 2 aromatic carbocycles. The van der Waals surface area contributed by atoms with Gasteiger partial charge in [-0.3, -0.25) is 9.59 Å². The first-order chi connectivity index (χ1) is 36.9. The number of sulfone groups is 1. The van der Waals surface area contributed by atoms with Gasteiger partial charge in [0.15, 0.2) is 16.4 Å². The van der Waals surface area contributed by atoms with Gasteiger partial charge in [-0.1, -0.05) is 23.2 Å². The Bertz CT molecular complexity index is 3170. The van der Waals surface area contributed by atoms with Crippen LogP contribution in [0, 0.1) is 25.7 Å². The van der Waals surface area contributed by atoms with Gasteiger partial charge in [-0.15, -0.1) is 0 Å². The number of fused-ring (bicyclic) bond motifs is 1. The fraction of sp³-hybridized carbons (Fsp3) is 0.434. The van der Waals surface area contributed by atoms with Crippen molar-refractivity contribution in [2.45, 2.75) is 63.1 Å². The number of H-pyrrole nitrogens is 1. The van der Waals surface area contributed by atoms with Crippen LogP contribution in [0.25, 0.3) is 22.0 Å². The lowest BCUT2D eigenvalue weighted by atomic mass is 10.0. The number of aromatic nitrogens is 4. The lowest BCUT2D eigenvalue weighted by Crippen LogP contribution is -2.46. The van der Waals surface area contributed by atoms with Crippen LogP contribution in [0.2, 0.25) is 0 Å². The van der Waals surface area contributed by atoms with Crippen molar-refractivity contribution in [2.75, 3.05) is 108 Å². The van der Waals surface area contributed by atoms with E-state index in [0.717, 1.165) is 15.7 Å². The molecule has 0 radical (unpaired) electrons. The third-order valence-electron chi connectivity index (χ3n) is 12.4. The quantitative estimate of drug-likeness (QED) is 0.0217. The highest BCUT2D eigenvalue weighted by Gasteiger charge is 2.31. The second kappa shape index (κ2) is 26.7. The number of alkyl halides is 4. The van der Waals surface area contributed by atoms with Crippen molar-refractivity contribution in [2.24, 2.45) is 0 Å². The molecular weight excluding hydrogens is 1030 g/mol. The Balaban J connectivity index is 0.765. The Morgan fingerprint density at radius 2 is 1.73 bits per heavy atom. The maximum absolute atomic E-state index is 14.9. The average molecular weight is 1090 g/mol. The number of carbonyl (C=O) groups excluding carboxylic acids is 1. The number of amides is 1. The van der Waals surface area contributed by atoms with E-state index in [1.807, 2.05) is 25.8 Å². The maximum atomic E-state index is 14.9. The summed E-state index contributed by atoms with van der Waals surface area (Å²) >= 11 is 0. The predicted molar refractivity (Wildman–Crippen MR) is 282 cm³/mol. The lowest BCUT2D eigenvalue weighted by molar-refractivity contribution is -0.140. The third-order valence-corrected chi connectivity index (χ3v) is 14.1. The molecule has 414 valence electrons. The van der Waals surface area contributed by atoms with E-state index in [9.17, 15) is 35.6 Å².